The van der Waals surface area contributed by atoms with Crippen molar-refractivity contribution in [3.63, 3.8) is 0 Å². The number of amides is 2. The maximum absolute atomic E-state index is 12.9. The number of esters is 1. The smallest absolute Gasteiger partial charge is 0.308 e. The number of ether oxygens (including phenoxy) is 2. The lowest BCUT2D eigenvalue weighted by Crippen LogP contribution is -2.57. The standard InChI is InChI=1S/C22H32N2O5/c1-3-5-6-7-8-15-29-18-11-9-17(10-12-18)22(27)24-14-13-23-21(26)19(24)16-20(25)28-4-2/h9-12,19H,3-8,13-16H2,1-2H3,(H,23,26). The van der Waals surface area contributed by atoms with Gasteiger partial charge in [0.15, 0.2) is 0 Å². The van der Waals surface area contributed by atoms with E-state index < -0.39 is 12.0 Å². The quantitative estimate of drug-likeness (QED) is 0.453. The predicted molar refractivity (Wildman–Crippen MR) is 110 cm³/mol. The summed E-state index contributed by atoms with van der Waals surface area (Å²) in [5, 5.41) is 2.71. The van der Waals surface area contributed by atoms with Gasteiger partial charge < -0.3 is 19.7 Å². The van der Waals surface area contributed by atoms with Crippen molar-refractivity contribution in [3.8, 4) is 5.75 Å². The SMILES string of the molecule is CCCCCCCOc1ccc(C(=O)N2CCNC(=O)C2CC(=O)OCC)cc1. The van der Waals surface area contributed by atoms with Gasteiger partial charge in [0.05, 0.1) is 19.6 Å². The summed E-state index contributed by atoms with van der Waals surface area (Å²) in [5.74, 6) is -0.382. The van der Waals surface area contributed by atoms with E-state index in [4.69, 9.17) is 9.47 Å². The first-order valence-electron chi connectivity index (χ1n) is 10.5. The van der Waals surface area contributed by atoms with Crippen molar-refractivity contribution in [1.29, 1.82) is 0 Å². The van der Waals surface area contributed by atoms with Gasteiger partial charge in [-0.15, -0.1) is 0 Å². The van der Waals surface area contributed by atoms with Crippen LogP contribution >= 0.6 is 0 Å². The maximum atomic E-state index is 12.9. The summed E-state index contributed by atoms with van der Waals surface area (Å²) in [6.45, 7) is 5.51. The first-order chi connectivity index (χ1) is 14.1. The lowest BCUT2D eigenvalue weighted by molar-refractivity contribution is -0.147. The van der Waals surface area contributed by atoms with Crippen molar-refractivity contribution < 1.29 is 23.9 Å². The molecule has 1 saturated heterocycles. The summed E-state index contributed by atoms with van der Waals surface area (Å²) in [5.41, 5.74) is 0.462. The summed E-state index contributed by atoms with van der Waals surface area (Å²) in [4.78, 5) is 38.4. The zero-order valence-corrected chi connectivity index (χ0v) is 17.4. The third-order valence-electron chi connectivity index (χ3n) is 4.87. The normalized spacial score (nSPS) is 16.3. The van der Waals surface area contributed by atoms with Gasteiger partial charge in [0.2, 0.25) is 5.91 Å². The molecule has 1 unspecified atom stereocenters. The summed E-state index contributed by atoms with van der Waals surface area (Å²) < 4.78 is 10.7. The van der Waals surface area contributed by atoms with Gasteiger partial charge in [-0.3, -0.25) is 14.4 Å². The van der Waals surface area contributed by atoms with Crippen LogP contribution in [0.1, 0.15) is 62.7 Å². The van der Waals surface area contributed by atoms with Crippen molar-refractivity contribution in [3.05, 3.63) is 29.8 Å². The Morgan fingerprint density at radius 2 is 1.83 bits per heavy atom. The zero-order chi connectivity index (χ0) is 21.1. The van der Waals surface area contributed by atoms with Crippen LogP contribution in [0.3, 0.4) is 0 Å². The lowest BCUT2D eigenvalue weighted by atomic mass is 10.1. The van der Waals surface area contributed by atoms with Crippen LogP contribution < -0.4 is 10.1 Å². The van der Waals surface area contributed by atoms with Crippen molar-refractivity contribution in [2.75, 3.05) is 26.3 Å². The number of hydrogen-bond acceptors (Lipinski definition) is 5. The Morgan fingerprint density at radius 1 is 1.10 bits per heavy atom. The first-order valence-corrected chi connectivity index (χ1v) is 10.5. The van der Waals surface area contributed by atoms with E-state index in [9.17, 15) is 14.4 Å². The second kappa shape index (κ2) is 12.1. The van der Waals surface area contributed by atoms with E-state index in [1.54, 1.807) is 31.2 Å². The molecule has 1 atom stereocenters. The molecule has 0 saturated carbocycles. The molecule has 7 heteroatoms. The predicted octanol–water partition coefficient (Wildman–Crippen LogP) is 2.93. The Hall–Kier alpha value is -2.57. The fourth-order valence-corrected chi connectivity index (χ4v) is 3.29. The van der Waals surface area contributed by atoms with Crippen molar-refractivity contribution in [2.45, 2.75) is 58.4 Å². The summed E-state index contributed by atoms with van der Waals surface area (Å²) >= 11 is 0. The van der Waals surface area contributed by atoms with Crippen LogP contribution in [0.15, 0.2) is 24.3 Å². The molecular formula is C22H32N2O5. The Balaban J connectivity index is 1.93. The van der Waals surface area contributed by atoms with Crippen LogP contribution in [0.2, 0.25) is 0 Å². The number of benzene rings is 1. The molecule has 1 heterocycles. The minimum absolute atomic E-state index is 0.148. The highest BCUT2D eigenvalue weighted by Gasteiger charge is 2.35. The summed E-state index contributed by atoms with van der Waals surface area (Å²) in [7, 11) is 0. The van der Waals surface area contributed by atoms with E-state index in [1.807, 2.05) is 0 Å². The molecule has 7 nitrogen and oxygen atoms in total. The van der Waals surface area contributed by atoms with Gasteiger partial charge >= 0.3 is 5.97 Å². The van der Waals surface area contributed by atoms with E-state index in [-0.39, 0.29) is 24.8 Å². The van der Waals surface area contributed by atoms with E-state index in [2.05, 4.69) is 12.2 Å². The summed E-state index contributed by atoms with van der Waals surface area (Å²) in [6.07, 6.45) is 5.72. The molecule has 0 spiro atoms. The molecule has 0 aromatic heterocycles. The second-order valence-electron chi connectivity index (χ2n) is 7.10. The fraction of sp³-hybridized carbons (Fsp3) is 0.591. The van der Waals surface area contributed by atoms with Gasteiger partial charge in [0.25, 0.3) is 5.91 Å². The molecule has 1 aromatic carbocycles. The molecule has 1 aliphatic rings. The number of nitrogens with one attached hydrogen (secondary N) is 1. The third-order valence-corrected chi connectivity index (χ3v) is 4.87. The molecule has 0 aliphatic carbocycles. The third kappa shape index (κ3) is 7.07. The van der Waals surface area contributed by atoms with Gasteiger partial charge in [0, 0.05) is 18.7 Å². The van der Waals surface area contributed by atoms with Gasteiger partial charge in [-0.1, -0.05) is 32.6 Å². The average molecular weight is 405 g/mol. The Bertz CT molecular complexity index is 674. The van der Waals surface area contributed by atoms with Crippen LogP contribution in [0, 0.1) is 0 Å². The van der Waals surface area contributed by atoms with Gasteiger partial charge in [-0.25, -0.2) is 0 Å². The van der Waals surface area contributed by atoms with Crippen LogP contribution in [0.4, 0.5) is 0 Å². The molecule has 1 N–H and O–H groups in total. The Kier molecular flexibility index (Phi) is 9.47. The Labute approximate surface area is 172 Å². The van der Waals surface area contributed by atoms with Gasteiger partial charge in [0.1, 0.15) is 11.8 Å². The van der Waals surface area contributed by atoms with Crippen LogP contribution in [0.25, 0.3) is 0 Å². The molecule has 29 heavy (non-hydrogen) atoms. The van der Waals surface area contributed by atoms with Crippen LogP contribution in [0.5, 0.6) is 5.75 Å². The minimum Gasteiger partial charge on any atom is -0.494 e. The van der Waals surface area contributed by atoms with Crippen molar-refractivity contribution in [1.82, 2.24) is 10.2 Å². The molecule has 0 bridgehead atoms. The van der Waals surface area contributed by atoms with Crippen molar-refractivity contribution >= 4 is 17.8 Å². The Morgan fingerprint density at radius 3 is 2.52 bits per heavy atom. The van der Waals surface area contributed by atoms with E-state index in [1.165, 1.54) is 24.2 Å². The average Bonchev–Trinajstić information content (AvgIpc) is 2.72. The number of hydrogen-bond donors (Lipinski definition) is 1. The number of carbonyl (C=O) groups is 3. The van der Waals surface area contributed by atoms with Gasteiger partial charge in [-0.05, 0) is 37.6 Å². The number of unbranched alkanes of at least 4 members (excludes halogenated alkanes) is 4. The van der Waals surface area contributed by atoms with E-state index in [0.29, 0.717) is 25.3 Å². The molecule has 0 radical (unpaired) electrons. The topological polar surface area (TPSA) is 84.9 Å². The highest BCUT2D eigenvalue weighted by Crippen LogP contribution is 2.18. The number of piperazine rings is 1. The van der Waals surface area contributed by atoms with Crippen molar-refractivity contribution in [2.24, 2.45) is 0 Å². The largest absolute Gasteiger partial charge is 0.494 e. The zero-order valence-electron chi connectivity index (χ0n) is 17.4. The molecule has 2 rings (SSSR count). The molecule has 160 valence electrons. The van der Waals surface area contributed by atoms with E-state index in [0.717, 1.165) is 18.6 Å². The van der Waals surface area contributed by atoms with E-state index >= 15 is 0 Å². The molecule has 2 amide bonds. The fourth-order valence-electron chi connectivity index (χ4n) is 3.29. The summed E-state index contributed by atoms with van der Waals surface area (Å²) in [6, 6.07) is 6.08. The lowest BCUT2D eigenvalue weighted by Gasteiger charge is -2.34. The maximum Gasteiger partial charge on any atom is 0.308 e. The second-order valence-corrected chi connectivity index (χ2v) is 7.10. The highest BCUT2D eigenvalue weighted by atomic mass is 16.5. The van der Waals surface area contributed by atoms with Crippen LogP contribution in [-0.2, 0) is 14.3 Å². The molecule has 1 fully saturated rings. The number of nitrogens with zero attached hydrogens (tertiary/aromatic N) is 1. The minimum atomic E-state index is -0.852. The highest BCUT2D eigenvalue weighted by molar-refractivity contribution is 5.99. The first kappa shape index (κ1) is 22.7. The molecule has 1 aliphatic heterocycles. The van der Waals surface area contributed by atoms with Gasteiger partial charge in [-0.2, -0.15) is 0 Å². The number of carbonyl (C=O) groups excluding carboxylic acids is 3. The monoisotopic (exact) mass is 404 g/mol. The van der Waals surface area contributed by atoms with Crippen LogP contribution in [-0.4, -0.2) is 55.0 Å². The molecule has 1 aromatic rings. The molecular weight excluding hydrogens is 372 g/mol. The number of rotatable bonds is 11.